The van der Waals surface area contributed by atoms with Gasteiger partial charge < -0.3 is 9.47 Å². The highest BCUT2D eigenvalue weighted by atomic mass is 16.5. The number of fused-ring (bicyclic) bond motifs is 11. The second-order valence-electron chi connectivity index (χ2n) is 11.6. The minimum Gasteiger partial charge on any atom is -0.457 e. The lowest BCUT2D eigenvalue weighted by molar-refractivity contribution is 0.436. The Morgan fingerprint density at radius 3 is 1.67 bits per heavy atom. The molecule has 200 valence electrons. The van der Waals surface area contributed by atoms with Crippen LogP contribution in [0.5, 0.6) is 23.0 Å². The normalized spacial score (nSPS) is 14.1. The zero-order valence-electron chi connectivity index (χ0n) is 23.2. The first kappa shape index (κ1) is 23.0. The second kappa shape index (κ2) is 8.24. The van der Waals surface area contributed by atoms with Crippen LogP contribution < -0.4 is 9.47 Å². The predicted molar refractivity (Wildman–Crippen MR) is 172 cm³/mol. The molecule has 2 nitrogen and oxygen atoms in total. The molecule has 0 amide bonds. The molecule has 0 aromatic heterocycles. The standard InChI is InChI=1S/C41H24O2/c1-3-16-31-30(12-1)39-27(25-23-24-38-40-28(25)13-9-14-29(40)26-11-2-6-20-35(26)42-38)15-10-19-34(39)41(31)32-17-4-7-21-36(32)43-37-22-8-5-18-33(37)41/h1-24H. The quantitative estimate of drug-likeness (QED) is 0.203. The van der Waals surface area contributed by atoms with Crippen molar-refractivity contribution in [2.24, 2.45) is 0 Å². The lowest BCUT2D eigenvalue weighted by atomic mass is 9.66. The van der Waals surface area contributed by atoms with Crippen molar-refractivity contribution in [1.29, 1.82) is 0 Å². The summed E-state index contributed by atoms with van der Waals surface area (Å²) in [7, 11) is 0. The second-order valence-corrected chi connectivity index (χ2v) is 11.6. The summed E-state index contributed by atoms with van der Waals surface area (Å²) in [5, 5.41) is 2.36. The maximum Gasteiger partial charge on any atom is 0.135 e. The number of para-hydroxylation sites is 3. The Hall–Kier alpha value is -5.60. The molecule has 0 saturated heterocycles. The van der Waals surface area contributed by atoms with Crippen LogP contribution in [0.15, 0.2) is 146 Å². The molecular weight excluding hydrogens is 524 g/mol. The minimum atomic E-state index is -0.484. The fourth-order valence-corrected chi connectivity index (χ4v) is 7.94. The summed E-state index contributed by atoms with van der Waals surface area (Å²) in [6, 6.07) is 52.2. The van der Waals surface area contributed by atoms with Crippen molar-refractivity contribution in [2.45, 2.75) is 5.41 Å². The molecule has 1 aliphatic carbocycles. The summed E-state index contributed by atoms with van der Waals surface area (Å²) >= 11 is 0. The van der Waals surface area contributed by atoms with E-state index in [2.05, 4.69) is 140 Å². The molecule has 0 unspecified atom stereocenters. The van der Waals surface area contributed by atoms with Gasteiger partial charge >= 0.3 is 0 Å². The Balaban J connectivity index is 1.32. The van der Waals surface area contributed by atoms with E-state index in [1.807, 2.05) is 6.07 Å². The van der Waals surface area contributed by atoms with Gasteiger partial charge in [-0.3, -0.25) is 0 Å². The molecule has 2 heterocycles. The van der Waals surface area contributed by atoms with Gasteiger partial charge in [-0.25, -0.2) is 0 Å². The van der Waals surface area contributed by atoms with Crippen molar-refractivity contribution in [3.8, 4) is 56.4 Å². The van der Waals surface area contributed by atoms with Crippen molar-refractivity contribution >= 4 is 10.8 Å². The highest BCUT2D eigenvalue weighted by Crippen LogP contribution is 2.63. The molecule has 3 aliphatic rings. The third-order valence-electron chi connectivity index (χ3n) is 9.56. The van der Waals surface area contributed by atoms with Crippen LogP contribution in [0.2, 0.25) is 0 Å². The number of hydrogen-bond acceptors (Lipinski definition) is 2. The fraction of sp³-hybridized carbons (Fsp3) is 0.0244. The van der Waals surface area contributed by atoms with Gasteiger partial charge in [0.2, 0.25) is 0 Å². The molecule has 7 aromatic carbocycles. The van der Waals surface area contributed by atoms with Crippen LogP contribution >= 0.6 is 0 Å². The van der Waals surface area contributed by atoms with Gasteiger partial charge in [0.1, 0.15) is 23.0 Å². The van der Waals surface area contributed by atoms with Gasteiger partial charge in [-0.2, -0.15) is 0 Å². The van der Waals surface area contributed by atoms with Crippen molar-refractivity contribution in [1.82, 2.24) is 0 Å². The highest BCUT2D eigenvalue weighted by Gasteiger charge is 2.51. The average molecular weight is 549 g/mol. The molecule has 0 fully saturated rings. The van der Waals surface area contributed by atoms with Crippen LogP contribution in [0.3, 0.4) is 0 Å². The molecule has 10 rings (SSSR count). The average Bonchev–Trinajstić information content (AvgIpc) is 3.36. The summed E-state index contributed by atoms with van der Waals surface area (Å²) in [5.74, 6) is 3.63. The molecule has 1 spiro atoms. The van der Waals surface area contributed by atoms with Crippen molar-refractivity contribution in [3.63, 3.8) is 0 Å². The van der Waals surface area contributed by atoms with Crippen molar-refractivity contribution < 1.29 is 9.47 Å². The first-order chi connectivity index (χ1) is 21.3. The van der Waals surface area contributed by atoms with Gasteiger partial charge in [-0.15, -0.1) is 0 Å². The van der Waals surface area contributed by atoms with Gasteiger partial charge in [-0.1, -0.05) is 121 Å². The van der Waals surface area contributed by atoms with E-state index in [0.29, 0.717) is 0 Å². The largest absolute Gasteiger partial charge is 0.457 e. The number of ether oxygens (including phenoxy) is 2. The summed E-state index contributed by atoms with van der Waals surface area (Å²) in [4.78, 5) is 0. The summed E-state index contributed by atoms with van der Waals surface area (Å²) in [6.45, 7) is 0. The first-order valence-electron chi connectivity index (χ1n) is 14.8. The van der Waals surface area contributed by atoms with Gasteiger partial charge in [0.25, 0.3) is 0 Å². The van der Waals surface area contributed by atoms with Crippen molar-refractivity contribution in [2.75, 3.05) is 0 Å². The molecule has 0 atom stereocenters. The van der Waals surface area contributed by atoms with Crippen LogP contribution in [0.25, 0.3) is 44.2 Å². The van der Waals surface area contributed by atoms with E-state index in [0.717, 1.165) is 28.6 Å². The highest BCUT2D eigenvalue weighted by molar-refractivity contribution is 6.12. The SMILES string of the molecule is c1ccc2c(c1)Oc1ccc(-c3cccc4c3-c3ccccc3C43c4ccccc4Oc4ccccc43)c3cccc-2c13. The van der Waals surface area contributed by atoms with E-state index in [1.165, 1.54) is 60.8 Å². The van der Waals surface area contributed by atoms with Crippen molar-refractivity contribution in [3.05, 3.63) is 168 Å². The Morgan fingerprint density at radius 2 is 0.884 bits per heavy atom. The summed E-state index contributed by atoms with van der Waals surface area (Å²) < 4.78 is 13.0. The summed E-state index contributed by atoms with van der Waals surface area (Å²) in [5.41, 5.74) is 11.8. The number of rotatable bonds is 1. The fourth-order valence-electron chi connectivity index (χ4n) is 7.94. The lowest BCUT2D eigenvalue weighted by Gasteiger charge is -2.39. The van der Waals surface area contributed by atoms with Gasteiger partial charge in [-0.05, 0) is 68.6 Å². The van der Waals surface area contributed by atoms with Crippen LogP contribution in [0, 0.1) is 0 Å². The smallest absolute Gasteiger partial charge is 0.135 e. The lowest BCUT2D eigenvalue weighted by Crippen LogP contribution is -2.32. The maximum absolute atomic E-state index is 6.53. The third kappa shape index (κ3) is 2.83. The van der Waals surface area contributed by atoms with Crippen LogP contribution in [-0.2, 0) is 5.41 Å². The van der Waals surface area contributed by atoms with Crippen LogP contribution in [-0.4, -0.2) is 0 Å². The topological polar surface area (TPSA) is 18.5 Å². The Labute approximate surface area is 249 Å². The zero-order chi connectivity index (χ0) is 28.1. The Morgan fingerprint density at radius 1 is 0.326 bits per heavy atom. The molecule has 0 saturated carbocycles. The van der Waals surface area contributed by atoms with Gasteiger partial charge in [0.05, 0.1) is 5.41 Å². The van der Waals surface area contributed by atoms with E-state index in [4.69, 9.17) is 9.47 Å². The summed E-state index contributed by atoms with van der Waals surface area (Å²) in [6.07, 6.45) is 0. The zero-order valence-corrected chi connectivity index (χ0v) is 23.2. The Kier molecular flexibility index (Phi) is 4.41. The van der Waals surface area contributed by atoms with E-state index in [1.54, 1.807) is 0 Å². The van der Waals surface area contributed by atoms with E-state index < -0.39 is 5.41 Å². The van der Waals surface area contributed by atoms with Gasteiger partial charge in [0, 0.05) is 22.1 Å². The van der Waals surface area contributed by atoms with E-state index >= 15 is 0 Å². The first-order valence-corrected chi connectivity index (χ1v) is 14.8. The Bertz CT molecular complexity index is 2270. The van der Waals surface area contributed by atoms with Crippen LogP contribution in [0.4, 0.5) is 0 Å². The molecular formula is C41H24O2. The molecule has 7 aromatic rings. The minimum absolute atomic E-state index is 0.484. The number of benzene rings is 7. The molecule has 0 radical (unpaired) electrons. The van der Waals surface area contributed by atoms with Crippen LogP contribution in [0.1, 0.15) is 22.3 Å². The molecule has 2 aliphatic heterocycles. The molecule has 2 heteroatoms. The van der Waals surface area contributed by atoms with E-state index in [9.17, 15) is 0 Å². The predicted octanol–water partition coefficient (Wildman–Crippen LogP) is 10.7. The monoisotopic (exact) mass is 548 g/mol. The maximum atomic E-state index is 6.53. The molecule has 0 bridgehead atoms. The number of hydrogen-bond donors (Lipinski definition) is 0. The molecule has 0 N–H and O–H groups in total. The third-order valence-corrected chi connectivity index (χ3v) is 9.56. The van der Waals surface area contributed by atoms with Gasteiger partial charge in [0.15, 0.2) is 0 Å². The molecule has 43 heavy (non-hydrogen) atoms. The van der Waals surface area contributed by atoms with E-state index in [-0.39, 0.29) is 0 Å².